The van der Waals surface area contributed by atoms with Gasteiger partial charge >= 0.3 is 5.82 Å². The maximum absolute atomic E-state index is 12.6. The van der Waals surface area contributed by atoms with E-state index in [1.54, 1.807) is 16.8 Å². The largest absolute Gasteiger partial charge is 0.856 e. The van der Waals surface area contributed by atoms with Gasteiger partial charge in [-0.1, -0.05) is 83.5 Å². The van der Waals surface area contributed by atoms with E-state index < -0.39 is 0 Å². The number of nitrogens with zero attached hydrogens (tertiary/aromatic N) is 3. The third kappa shape index (κ3) is 3.86. The van der Waals surface area contributed by atoms with Crippen LogP contribution >= 0.6 is 0 Å². The number of aromatic nitrogens is 2. The Balaban J connectivity index is 1.79. The lowest BCUT2D eigenvalue weighted by atomic mass is 10.1. The molecule has 1 heterocycles. The van der Waals surface area contributed by atoms with E-state index in [4.69, 9.17) is 0 Å². The van der Waals surface area contributed by atoms with Crippen molar-refractivity contribution in [3.63, 3.8) is 0 Å². The Morgan fingerprint density at radius 2 is 1.54 bits per heavy atom. The lowest BCUT2D eigenvalue weighted by molar-refractivity contribution is -0.676. The van der Waals surface area contributed by atoms with Crippen molar-refractivity contribution in [1.82, 2.24) is 4.68 Å². The highest BCUT2D eigenvalue weighted by atomic mass is 16.3. The molecule has 4 nitrogen and oxygen atoms in total. The summed E-state index contributed by atoms with van der Waals surface area (Å²) in [4.78, 5) is 0. The average molecular weight is 367 g/mol. The van der Waals surface area contributed by atoms with Gasteiger partial charge in [-0.05, 0) is 30.2 Å². The number of rotatable bonds is 5. The summed E-state index contributed by atoms with van der Waals surface area (Å²) in [5.74, 6) is 0.601. The number of benzene rings is 3. The normalized spacial score (nSPS) is 11.5. The summed E-state index contributed by atoms with van der Waals surface area (Å²) in [5, 5.41) is 17.0. The molecular formula is C24H21N3O. The zero-order valence-corrected chi connectivity index (χ0v) is 15.7. The van der Waals surface area contributed by atoms with E-state index in [9.17, 15) is 5.11 Å². The van der Waals surface area contributed by atoms with Crippen LogP contribution in [0.2, 0.25) is 0 Å². The second-order valence-electron chi connectivity index (χ2n) is 6.72. The molecule has 0 aliphatic carbocycles. The molecule has 0 saturated heterocycles. The van der Waals surface area contributed by atoms with Crippen LogP contribution in [0.25, 0.3) is 11.4 Å². The van der Waals surface area contributed by atoms with E-state index in [1.165, 1.54) is 11.1 Å². The first-order valence-corrected chi connectivity index (χ1v) is 9.24. The van der Waals surface area contributed by atoms with Crippen molar-refractivity contribution in [3.05, 3.63) is 114 Å². The molecule has 0 saturated carbocycles. The molecule has 0 amide bonds. The van der Waals surface area contributed by atoms with Crippen molar-refractivity contribution in [2.75, 3.05) is 0 Å². The summed E-state index contributed by atoms with van der Waals surface area (Å²) in [7, 11) is 0. The second kappa shape index (κ2) is 7.92. The van der Waals surface area contributed by atoms with E-state index in [2.05, 4.69) is 53.0 Å². The first-order valence-electron chi connectivity index (χ1n) is 9.24. The Morgan fingerprint density at radius 3 is 2.21 bits per heavy atom. The van der Waals surface area contributed by atoms with Gasteiger partial charge in [-0.15, -0.1) is 4.68 Å². The second-order valence-corrected chi connectivity index (χ2v) is 6.72. The molecule has 0 N–H and O–H groups in total. The van der Waals surface area contributed by atoms with E-state index in [0.29, 0.717) is 12.1 Å². The fourth-order valence-corrected chi connectivity index (χ4v) is 3.14. The Bertz CT molecular complexity index is 1080. The minimum atomic E-state index is -0.267. The minimum absolute atomic E-state index is 0.267. The molecular weight excluding hydrogens is 346 g/mol. The molecule has 0 spiro atoms. The van der Waals surface area contributed by atoms with Crippen LogP contribution in [0.4, 0.5) is 0 Å². The van der Waals surface area contributed by atoms with Gasteiger partial charge in [0.1, 0.15) is 12.7 Å². The van der Waals surface area contributed by atoms with Gasteiger partial charge in [-0.25, -0.2) is 4.57 Å². The molecule has 138 valence electrons. The molecule has 0 atom stereocenters. The lowest BCUT2D eigenvalue weighted by Crippen LogP contribution is -2.35. The van der Waals surface area contributed by atoms with E-state index in [0.717, 1.165) is 11.4 Å². The van der Waals surface area contributed by atoms with Gasteiger partial charge in [0.2, 0.25) is 0 Å². The first kappa shape index (κ1) is 17.7. The Morgan fingerprint density at radius 1 is 0.893 bits per heavy atom. The van der Waals surface area contributed by atoms with Gasteiger partial charge in [0.15, 0.2) is 6.20 Å². The van der Waals surface area contributed by atoms with E-state index in [-0.39, 0.29) is 5.90 Å². The van der Waals surface area contributed by atoms with Crippen molar-refractivity contribution in [3.8, 4) is 11.4 Å². The number of hydrogen-bond donors (Lipinski definition) is 0. The van der Waals surface area contributed by atoms with Crippen molar-refractivity contribution < 1.29 is 9.67 Å². The monoisotopic (exact) mass is 367 g/mol. The fraction of sp³-hybridized carbons (Fsp3) is 0.0833. The van der Waals surface area contributed by atoms with Gasteiger partial charge in [-0.3, -0.25) is 0 Å². The zero-order chi connectivity index (χ0) is 19.3. The molecule has 0 aliphatic rings. The van der Waals surface area contributed by atoms with Crippen LogP contribution in [-0.4, -0.2) is 10.6 Å². The Kier molecular flexibility index (Phi) is 5.02. The van der Waals surface area contributed by atoms with Gasteiger partial charge in [-0.2, -0.15) is 0 Å². The molecule has 0 aliphatic heterocycles. The Labute approximate surface area is 164 Å². The minimum Gasteiger partial charge on any atom is -0.856 e. The van der Waals surface area contributed by atoms with Crippen LogP contribution in [0.15, 0.2) is 102 Å². The highest BCUT2D eigenvalue weighted by Gasteiger charge is 2.20. The standard InChI is InChI=1S/C24H21N3O/c1-19-12-14-22(15-13-19)24-26(18-20-8-4-2-5-9-20)16-17-27(24)25-23(28)21-10-6-3-7-11-21/h2-17H,18H2,1H3. The van der Waals surface area contributed by atoms with Crippen LogP contribution in [0.5, 0.6) is 0 Å². The molecule has 0 fully saturated rings. The fourth-order valence-electron chi connectivity index (χ4n) is 3.14. The van der Waals surface area contributed by atoms with Gasteiger partial charge < -0.3 is 5.11 Å². The number of aryl methyl sites for hydroxylation is 1. The SMILES string of the molecule is Cc1ccc(-c2n(/N=C(\[O-])c3ccccc3)cc[n+]2Cc2ccccc2)cc1. The number of hydrogen-bond acceptors (Lipinski definition) is 2. The van der Waals surface area contributed by atoms with Crippen molar-refractivity contribution >= 4 is 5.90 Å². The summed E-state index contributed by atoms with van der Waals surface area (Å²) in [6.45, 7) is 2.76. The quantitative estimate of drug-likeness (QED) is 0.303. The molecule has 3 aromatic carbocycles. The molecule has 4 aromatic rings. The smallest absolute Gasteiger partial charge is 0.314 e. The maximum atomic E-state index is 12.6. The van der Waals surface area contributed by atoms with Gasteiger partial charge in [0, 0.05) is 5.90 Å². The van der Waals surface area contributed by atoms with Gasteiger partial charge in [0.05, 0.1) is 5.56 Å². The topological polar surface area (TPSA) is 44.2 Å². The third-order valence-electron chi connectivity index (χ3n) is 4.60. The third-order valence-corrected chi connectivity index (χ3v) is 4.60. The van der Waals surface area contributed by atoms with Crippen molar-refractivity contribution in [1.29, 1.82) is 0 Å². The van der Waals surface area contributed by atoms with Crippen LogP contribution in [-0.2, 0) is 6.54 Å². The molecule has 4 heteroatoms. The van der Waals surface area contributed by atoms with Crippen LogP contribution in [0.1, 0.15) is 16.7 Å². The summed E-state index contributed by atoms with van der Waals surface area (Å²) >= 11 is 0. The highest BCUT2D eigenvalue weighted by Crippen LogP contribution is 2.18. The maximum Gasteiger partial charge on any atom is 0.314 e. The predicted octanol–water partition coefficient (Wildman–Crippen LogP) is 3.37. The van der Waals surface area contributed by atoms with Crippen LogP contribution in [0, 0.1) is 6.92 Å². The molecule has 0 radical (unpaired) electrons. The Hall–Kier alpha value is -3.66. The first-order chi connectivity index (χ1) is 13.7. The summed E-state index contributed by atoms with van der Waals surface area (Å²) < 4.78 is 3.78. The highest BCUT2D eigenvalue weighted by molar-refractivity contribution is 5.90. The molecule has 28 heavy (non-hydrogen) atoms. The summed E-state index contributed by atoms with van der Waals surface area (Å²) in [6.07, 6.45) is 3.79. The summed E-state index contributed by atoms with van der Waals surface area (Å²) in [5.41, 5.74) is 3.96. The van der Waals surface area contributed by atoms with E-state index in [1.807, 2.05) is 48.8 Å². The molecule has 1 aromatic heterocycles. The zero-order valence-electron chi connectivity index (χ0n) is 15.7. The van der Waals surface area contributed by atoms with E-state index >= 15 is 0 Å². The van der Waals surface area contributed by atoms with Crippen LogP contribution < -0.4 is 9.67 Å². The molecule has 0 bridgehead atoms. The predicted molar refractivity (Wildman–Crippen MR) is 109 cm³/mol. The van der Waals surface area contributed by atoms with Crippen molar-refractivity contribution in [2.45, 2.75) is 13.5 Å². The molecule has 0 unspecified atom stereocenters. The lowest BCUT2D eigenvalue weighted by Gasteiger charge is -2.09. The average Bonchev–Trinajstić information content (AvgIpc) is 3.12. The van der Waals surface area contributed by atoms with Crippen LogP contribution in [0.3, 0.4) is 0 Å². The summed E-state index contributed by atoms with van der Waals surface area (Å²) in [6, 6.07) is 27.6. The van der Waals surface area contributed by atoms with Crippen molar-refractivity contribution in [2.24, 2.45) is 5.10 Å². The number of imidazole rings is 1. The van der Waals surface area contributed by atoms with Gasteiger partial charge in [0.25, 0.3) is 0 Å². The molecule has 4 rings (SSSR count).